The molecular weight excluding hydrogens is 288 g/mol. The summed E-state index contributed by atoms with van der Waals surface area (Å²) in [5.74, 6) is 3.59. The number of hydrogen-bond acceptors (Lipinski definition) is 4. The van der Waals surface area contributed by atoms with E-state index in [1.165, 1.54) is 31.2 Å². The van der Waals surface area contributed by atoms with Gasteiger partial charge in [0.2, 0.25) is 0 Å². The lowest BCUT2D eigenvalue weighted by molar-refractivity contribution is 0.351. The van der Waals surface area contributed by atoms with Crippen LogP contribution in [-0.4, -0.2) is 39.9 Å². The average molecular weight is 318 g/mol. The summed E-state index contributed by atoms with van der Waals surface area (Å²) in [6.07, 6.45) is 6.83. The van der Waals surface area contributed by atoms with Crippen molar-refractivity contribution in [1.82, 2.24) is 10.6 Å². The molecular formula is C19H30N2O2. The fourth-order valence-electron chi connectivity index (χ4n) is 4.23. The summed E-state index contributed by atoms with van der Waals surface area (Å²) in [6.45, 7) is 3.12. The Balaban J connectivity index is 1.31. The van der Waals surface area contributed by atoms with Gasteiger partial charge in [-0.15, -0.1) is 0 Å². The molecule has 2 bridgehead atoms. The largest absolute Gasteiger partial charge is 0.493 e. The first-order chi connectivity index (χ1) is 11.3. The van der Waals surface area contributed by atoms with Gasteiger partial charge in [0.15, 0.2) is 11.5 Å². The van der Waals surface area contributed by atoms with Crippen molar-refractivity contribution in [3.63, 3.8) is 0 Å². The van der Waals surface area contributed by atoms with Gasteiger partial charge in [-0.1, -0.05) is 12.5 Å². The number of rotatable bonds is 9. The van der Waals surface area contributed by atoms with Gasteiger partial charge in [-0.05, 0) is 61.8 Å². The second-order valence-electron chi connectivity index (χ2n) is 6.92. The van der Waals surface area contributed by atoms with Crippen LogP contribution in [0.15, 0.2) is 18.2 Å². The van der Waals surface area contributed by atoms with Gasteiger partial charge in [0.25, 0.3) is 0 Å². The van der Waals surface area contributed by atoms with E-state index < -0.39 is 0 Å². The molecule has 2 N–H and O–H groups in total. The molecule has 0 spiro atoms. The van der Waals surface area contributed by atoms with E-state index in [-0.39, 0.29) is 0 Å². The normalized spacial score (nSPS) is 25.7. The minimum Gasteiger partial charge on any atom is -0.493 e. The van der Waals surface area contributed by atoms with Gasteiger partial charge in [-0.25, -0.2) is 0 Å². The molecule has 3 rings (SSSR count). The molecule has 1 aromatic rings. The molecule has 0 amide bonds. The quantitative estimate of drug-likeness (QED) is 0.687. The molecule has 2 aliphatic rings. The molecule has 3 atom stereocenters. The van der Waals surface area contributed by atoms with Crippen LogP contribution in [0.4, 0.5) is 0 Å². The Morgan fingerprint density at radius 1 is 1.00 bits per heavy atom. The lowest BCUT2D eigenvalue weighted by Crippen LogP contribution is -2.38. The molecule has 128 valence electrons. The van der Waals surface area contributed by atoms with Gasteiger partial charge >= 0.3 is 0 Å². The second kappa shape index (κ2) is 8.02. The molecule has 0 saturated heterocycles. The van der Waals surface area contributed by atoms with Crippen LogP contribution in [-0.2, 0) is 6.42 Å². The molecule has 4 nitrogen and oxygen atoms in total. The highest BCUT2D eigenvalue weighted by atomic mass is 16.5. The van der Waals surface area contributed by atoms with E-state index in [1.54, 1.807) is 14.2 Å². The zero-order valence-corrected chi connectivity index (χ0v) is 14.4. The van der Waals surface area contributed by atoms with Crippen molar-refractivity contribution in [3.8, 4) is 11.5 Å². The topological polar surface area (TPSA) is 42.5 Å². The third-order valence-corrected chi connectivity index (χ3v) is 5.48. The van der Waals surface area contributed by atoms with Crippen LogP contribution >= 0.6 is 0 Å². The molecule has 23 heavy (non-hydrogen) atoms. The SMILES string of the molecule is COc1ccc(CCNCCNC2CC3CCC2C3)cc1OC. The molecule has 4 heteroatoms. The third kappa shape index (κ3) is 4.18. The molecule has 1 aromatic carbocycles. The number of nitrogens with one attached hydrogen (secondary N) is 2. The van der Waals surface area contributed by atoms with E-state index in [2.05, 4.69) is 22.8 Å². The molecule has 2 saturated carbocycles. The Bertz CT molecular complexity index is 506. The van der Waals surface area contributed by atoms with E-state index in [0.717, 1.165) is 55.4 Å². The lowest BCUT2D eigenvalue weighted by Gasteiger charge is -2.23. The first-order valence-electron chi connectivity index (χ1n) is 8.95. The first kappa shape index (κ1) is 16.6. The van der Waals surface area contributed by atoms with Crippen LogP contribution < -0.4 is 20.1 Å². The summed E-state index contributed by atoms with van der Waals surface area (Å²) in [4.78, 5) is 0. The highest BCUT2D eigenvalue weighted by Crippen LogP contribution is 2.44. The Kier molecular flexibility index (Phi) is 5.79. The molecule has 2 aliphatic carbocycles. The van der Waals surface area contributed by atoms with Crippen molar-refractivity contribution in [2.24, 2.45) is 11.8 Å². The number of methoxy groups -OCH3 is 2. The maximum atomic E-state index is 5.35. The number of ether oxygens (including phenoxy) is 2. The predicted octanol–water partition coefficient (Wildman–Crippen LogP) is 2.61. The van der Waals surface area contributed by atoms with E-state index in [0.29, 0.717) is 0 Å². The summed E-state index contributed by atoms with van der Waals surface area (Å²) in [5.41, 5.74) is 1.27. The standard InChI is InChI=1S/C19H30N2O2/c1-22-18-6-4-14(13-19(18)23-2)7-8-20-9-10-21-17-12-15-3-5-16(17)11-15/h4,6,13,15-17,20-21H,3,5,7-12H2,1-2H3. The minimum absolute atomic E-state index is 0.791. The lowest BCUT2D eigenvalue weighted by atomic mass is 9.95. The van der Waals surface area contributed by atoms with E-state index >= 15 is 0 Å². The average Bonchev–Trinajstić information content (AvgIpc) is 3.20. The van der Waals surface area contributed by atoms with Gasteiger partial charge in [0.05, 0.1) is 14.2 Å². The van der Waals surface area contributed by atoms with Crippen molar-refractivity contribution >= 4 is 0 Å². The van der Waals surface area contributed by atoms with Crippen molar-refractivity contribution in [2.45, 2.75) is 38.1 Å². The Hall–Kier alpha value is -1.26. The second-order valence-corrected chi connectivity index (χ2v) is 6.92. The molecule has 0 heterocycles. The fourth-order valence-corrected chi connectivity index (χ4v) is 4.23. The smallest absolute Gasteiger partial charge is 0.160 e. The third-order valence-electron chi connectivity index (χ3n) is 5.48. The number of benzene rings is 1. The Labute approximate surface area is 139 Å². The molecule has 3 unspecified atom stereocenters. The maximum absolute atomic E-state index is 5.35. The van der Waals surface area contributed by atoms with Crippen molar-refractivity contribution in [2.75, 3.05) is 33.9 Å². The highest BCUT2D eigenvalue weighted by molar-refractivity contribution is 5.42. The first-order valence-corrected chi connectivity index (χ1v) is 8.95. The zero-order chi connectivity index (χ0) is 16.1. The van der Waals surface area contributed by atoms with Crippen molar-refractivity contribution in [3.05, 3.63) is 23.8 Å². The highest BCUT2D eigenvalue weighted by Gasteiger charge is 2.38. The number of hydrogen-bond donors (Lipinski definition) is 2. The summed E-state index contributed by atoms with van der Waals surface area (Å²) in [5, 5.41) is 7.28. The van der Waals surface area contributed by atoms with E-state index in [4.69, 9.17) is 9.47 Å². The van der Waals surface area contributed by atoms with Crippen LogP contribution in [0.1, 0.15) is 31.2 Å². The van der Waals surface area contributed by atoms with Crippen molar-refractivity contribution < 1.29 is 9.47 Å². The van der Waals surface area contributed by atoms with E-state index in [9.17, 15) is 0 Å². The summed E-state index contributed by atoms with van der Waals surface area (Å²) < 4.78 is 10.6. The number of fused-ring (bicyclic) bond motifs is 2. The van der Waals surface area contributed by atoms with Gasteiger partial charge in [-0.2, -0.15) is 0 Å². The van der Waals surface area contributed by atoms with Crippen LogP contribution in [0, 0.1) is 11.8 Å². The van der Waals surface area contributed by atoms with Gasteiger partial charge in [0, 0.05) is 19.1 Å². The van der Waals surface area contributed by atoms with Crippen LogP contribution in [0.25, 0.3) is 0 Å². The van der Waals surface area contributed by atoms with Crippen LogP contribution in [0.3, 0.4) is 0 Å². The van der Waals surface area contributed by atoms with Gasteiger partial charge in [-0.3, -0.25) is 0 Å². The van der Waals surface area contributed by atoms with Gasteiger partial charge in [0.1, 0.15) is 0 Å². The summed E-state index contributed by atoms with van der Waals surface area (Å²) in [7, 11) is 3.35. The maximum Gasteiger partial charge on any atom is 0.160 e. The fraction of sp³-hybridized carbons (Fsp3) is 0.684. The molecule has 0 aromatic heterocycles. The van der Waals surface area contributed by atoms with Gasteiger partial charge < -0.3 is 20.1 Å². The summed E-state index contributed by atoms with van der Waals surface area (Å²) in [6, 6.07) is 6.94. The molecule has 0 radical (unpaired) electrons. The summed E-state index contributed by atoms with van der Waals surface area (Å²) >= 11 is 0. The van der Waals surface area contributed by atoms with E-state index in [1.807, 2.05) is 6.07 Å². The predicted molar refractivity (Wildman–Crippen MR) is 93.4 cm³/mol. The zero-order valence-electron chi connectivity index (χ0n) is 14.4. The monoisotopic (exact) mass is 318 g/mol. The van der Waals surface area contributed by atoms with Crippen LogP contribution in [0.5, 0.6) is 11.5 Å². The molecule has 2 fully saturated rings. The van der Waals surface area contributed by atoms with Crippen LogP contribution in [0.2, 0.25) is 0 Å². The Morgan fingerprint density at radius 2 is 1.87 bits per heavy atom. The minimum atomic E-state index is 0.791. The Morgan fingerprint density at radius 3 is 2.57 bits per heavy atom. The molecule has 0 aliphatic heterocycles. The van der Waals surface area contributed by atoms with Crippen molar-refractivity contribution in [1.29, 1.82) is 0 Å².